The number of aromatic nitrogens is 4. The van der Waals surface area contributed by atoms with Crippen molar-refractivity contribution in [3.63, 3.8) is 0 Å². The zero-order valence-corrected chi connectivity index (χ0v) is 26.1. The molecule has 1 aliphatic heterocycles. The predicted molar refractivity (Wildman–Crippen MR) is 187 cm³/mol. The minimum Gasteiger partial charge on any atom is -0.349 e. The van der Waals surface area contributed by atoms with Gasteiger partial charge in [0.15, 0.2) is 5.82 Å². The normalized spacial score (nSPS) is 13.0. The number of hydrogen-bond donors (Lipinski definition) is 2. The summed E-state index contributed by atoms with van der Waals surface area (Å²) in [4.78, 5) is 35.4. The average molecular weight is 629 g/mol. The molecule has 0 aliphatic carbocycles. The molecule has 8 nitrogen and oxygen atoms in total. The van der Waals surface area contributed by atoms with Crippen molar-refractivity contribution in [3.8, 4) is 11.3 Å². The quantitative estimate of drug-likeness (QED) is 0.184. The van der Waals surface area contributed by atoms with Crippen LogP contribution in [0.15, 0.2) is 146 Å². The van der Waals surface area contributed by atoms with Gasteiger partial charge in [-0.25, -0.2) is 9.97 Å². The van der Waals surface area contributed by atoms with Gasteiger partial charge in [0.1, 0.15) is 5.54 Å². The van der Waals surface area contributed by atoms with Crippen molar-refractivity contribution in [1.82, 2.24) is 24.4 Å². The Morgan fingerprint density at radius 3 is 2.10 bits per heavy atom. The van der Waals surface area contributed by atoms with Gasteiger partial charge in [0.25, 0.3) is 11.8 Å². The molecule has 7 aromatic rings. The third kappa shape index (κ3) is 5.04. The van der Waals surface area contributed by atoms with Crippen LogP contribution in [0.5, 0.6) is 0 Å². The molecule has 0 bridgehead atoms. The smallest absolute Gasteiger partial charge is 0.287 e. The van der Waals surface area contributed by atoms with Crippen LogP contribution in [0.1, 0.15) is 44.1 Å². The first-order chi connectivity index (χ1) is 23.6. The molecule has 2 aromatic heterocycles. The number of aryl methyl sites for hydroxylation is 1. The molecule has 8 rings (SSSR count). The molecule has 0 unspecified atom stereocenters. The van der Waals surface area contributed by atoms with E-state index in [1.54, 1.807) is 12.1 Å². The van der Waals surface area contributed by atoms with Gasteiger partial charge in [0, 0.05) is 36.1 Å². The number of imidazole rings is 2. The largest absolute Gasteiger partial charge is 0.349 e. The Morgan fingerprint density at radius 2 is 1.44 bits per heavy atom. The summed E-state index contributed by atoms with van der Waals surface area (Å²) in [5, 5.41) is 5.94. The van der Waals surface area contributed by atoms with E-state index in [1.807, 2.05) is 59.4 Å². The SMILES string of the molecule is O=C(Nc1cccc(-c2cn(C(c3ccccc3)(c3ccccc3)c3ccccc3)cn2)c1)c1ccc2nc3n(c2c1)CCCNC3=O. The summed E-state index contributed by atoms with van der Waals surface area (Å²) >= 11 is 0. The summed E-state index contributed by atoms with van der Waals surface area (Å²) in [7, 11) is 0. The van der Waals surface area contributed by atoms with Gasteiger partial charge in [-0.2, -0.15) is 0 Å². The number of amides is 2. The second-order valence-corrected chi connectivity index (χ2v) is 11.9. The summed E-state index contributed by atoms with van der Waals surface area (Å²) in [6.45, 7) is 1.26. The Balaban J connectivity index is 1.14. The summed E-state index contributed by atoms with van der Waals surface area (Å²) in [5.74, 6) is -0.0602. The van der Waals surface area contributed by atoms with E-state index in [1.165, 1.54) is 0 Å². The predicted octanol–water partition coefficient (Wildman–Crippen LogP) is 7.13. The third-order valence-corrected chi connectivity index (χ3v) is 9.02. The van der Waals surface area contributed by atoms with Crippen molar-refractivity contribution in [2.45, 2.75) is 18.5 Å². The maximum Gasteiger partial charge on any atom is 0.287 e. The van der Waals surface area contributed by atoms with E-state index >= 15 is 0 Å². The van der Waals surface area contributed by atoms with Crippen molar-refractivity contribution in [2.75, 3.05) is 11.9 Å². The van der Waals surface area contributed by atoms with Crippen LogP contribution in [-0.2, 0) is 12.1 Å². The van der Waals surface area contributed by atoms with Crippen LogP contribution in [0, 0.1) is 0 Å². The molecule has 3 heterocycles. The molecule has 1 aliphatic rings. The van der Waals surface area contributed by atoms with Crippen LogP contribution >= 0.6 is 0 Å². The summed E-state index contributed by atoms with van der Waals surface area (Å²) in [5.41, 5.74) is 6.91. The molecule has 0 radical (unpaired) electrons. The van der Waals surface area contributed by atoms with Crippen molar-refractivity contribution < 1.29 is 9.59 Å². The Morgan fingerprint density at radius 1 is 0.771 bits per heavy atom. The van der Waals surface area contributed by atoms with E-state index in [-0.39, 0.29) is 11.8 Å². The van der Waals surface area contributed by atoms with Crippen LogP contribution in [0.3, 0.4) is 0 Å². The monoisotopic (exact) mass is 628 g/mol. The van der Waals surface area contributed by atoms with Crippen molar-refractivity contribution in [1.29, 1.82) is 0 Å². The maximum absolute atomic E-state index is 13.5. The molecule has 0 saturated carbocycles. The number of benzene rings is 5. The fourth-order valence-corrected chi connectivity index (χ4v) is 6.78. The topological polar surface area (TPSA) is 93.8 Å². The highest BCUT2D eigenvalue weighted by Crippen LogP contribution is 2.41. The van der Waals surface area contributed by atoms with Crippen LogP contribution < -0.4 is 10.6 Å². The van der Waals surface area contributed by atoms with E-state index < -0.39 is 5.54 Å². The second-order valence-electron chi connectivity index (χ2n) is 11.9. The van der Waals surface area contributed by atoms with E-state index in [2.05, 4.69) is 99.2 Å². The van der Waals surface area contributed by atoms with Gasteiger partial charge in [-0.1, -0.05) is 103 Å². The highest BCUT2D eigenvalue weighted by Gasteiger charge is 2.38. The van der Waals surface area contributed by atoms with E-state index in [0.717, 1.165) is 39.9 Å². The van der Waals surface area contributed by atoms with Crippen molar-refractivity contribution in [2.24, 2.45) is 0 Å². The Labute approximate surface area is 277 Å². The zero-order chi connectivity index (χ0) is 32.5. The first kappa shape index (κ1) is 29.1. The minimum absolute atomic E-state index is 0.192. The summed E-state index contributed by atoms with van der Waals surface area (Å²) in [6, 6.07) is 44.5. The van der Waals surface area contributed by atoms with Crippen LogP contribution in [0.4, 0.5) is 5.69 Å². The molecule has 2 amide bonds. The maximum atomic E-state index is 13.5. The Bertz CT molecular complexity index is 2160. The van der Waals surface area contributed by atoms with Gasteiger partial charge in [-0.15, -0.1) is 0 Å². The van der Waals surface area contributed by atoms with E-state index in [0.29, 0.717) is 35.7 Å². The molecule has 48 heavy (non-hydrogen) atoms. The fraction of sp³-hybridized carbons (Fsp3) is 0.100. The number of fused-ring (bicyclic) bond motifs is 3. The van der Waals surface area contributed by atoms with Crippen molar-refractivity contribution in [3.05, 3.63) is 174 Å². The van der Waals surface area contributed by atoms with E-state index in [4.69, 9.17) is 4.98 Å². The lowest BCUT2D eigenvalue weighted by atomic mass is 9.77. The van der Waals surface area contributed by atoms with Crippen LogP contribution in [0.25, 0.3) is 22.3 Å². The second kappa shape index (κ2) is 12.1. The molecule has 0 atom stereocenters. The van der Waals surface area contributed by atoms with Crippen molar-refractivity contribution >= 4 is 28.5 Å². The molecular weight excluding hydrogens is 596 g/mol. The number of nitrogens with one attached hydrogen (secondary N) is 2. The first-order valence-corrected chi connectivity index (χ1v) is 16.0. The average Bonchev–Trinajstić information content (AvgIpc) is 3.73. The molecule has 2 N–H and O–H groups in total. The molecule has 8 heteroatoms. The number of nitrogens with zero attached hydrogens (tertiary/aromatic N) is 4. The number of rotatable bonds is 7. The van der Waals surface area contributed by atoms with Gasteiger partial charge in [-0.05, 0) is 53.4 Å². The Hall–Kier alpha value is -6.28. The van der Waals surface area contributed by atoms with Gasteiger partial charge >= 0.3 is 0 Å². The number of hydrogen-bond acceptors (Lipinski definition) is 4. The molecule has 5 aromatic carbocycles. The van der Waals surface area contributed by atoms with Gasteiger partial charge in [-0.3, -0.25) is 9.59 Å². The van der Waals surface area contributed by atoms with Gasteiger partial charge in [0.2, 0.25) is 0 Å². The number of carbonyl (C=O) groups is 2. The van der Waals surface area contributed by atoms with Crippen LogP contribution in [-0.4, -0.2) is 37.5 Å². The fourth-order valence-electron chi connectivity index (χ4n) is 6.78. The molecule has 0 spiro atoms. The lowest BCUT2D eigenvalue weighted by molar-refractivity contribution is 0.0945. The number of carbonyl (C=O) groups excluding carboxylic acids is 2. The van der Waals surface area contributed by atoms with Gasteiger partial charge in [0.05, 0.1) is 23.1 Å². The molecule has 234 valence electrons. The Kier molecular flexibility index (Phi) is 7.38. The van der Waals surface area contributed by atoms with E-state index in [9.17, 15) is 9.59 Å². The third-order valence-electron chi connectivity index (χ3n) is 9.02. The van der Waals surface area contributed by atoms with Crippen LogP contribution in [0.2, 0.25) is 0 Å². The molecular formula is C40H32N6O2. The standard InChI is InChI=1S/C40H32N6O2/c47-38(29-20-21-34-36(25-29)46-23-11-22-41-39(48)37(46)44-34)43-33-19-10-12-28(24-33)35-26-45(27-42-35)40(30-13-4-1-5-14-30,31-15-6-2-7-16-31)32-17-8-3-9-18-32/h1-10,12-21,24-27H,11,22-23H2,(H,41,48)(H,43,47). The minimum atomic E-state index is -0.675. The molecule has 0 saturated heterocycles. The summed E-state index contributed by atoms with van der Waals surface area (Å²) < 4.78 is 4.07. The molecule has 0 fully saturated rings. The zero-order valence-electron chi connectivity index (χ0n) is 26.1. The number of anilines is 1. The lowest BCUT2D eigenvalue weighted by Gasteiger charge is -2.37. The van der Waals surface area contributed by atoms with Gasteiger partial charge < -0.3 is 19.8 Å². The summed E-state index contributed by atoms with van der Waals surface area (Å²) in [6.07, 6.45) is 4.76. The highest BCUT2D eigenvalue weighted by molar-refractivity contribution is 6.06. The highest BCUT2D eigenvalue weighted by atomic mass is 16.2. The first-order valence-electron chi connectivity index (χ1n) is 16.0. The lowest BCUT2D eigenvalue weighted by Crippen LogP contribution is -2.36.